The van der Waals surface area contributed by atoms with Crippen molar-refractivity contribution in [3.05, 3.63) is 93.2 Å². The quantitative estimate of drug-likeness (QED) is 0.372. The van der Waals surface area contributed by atoms with E-state index in [0.29, 0.717) is 38.2 Å². The van der Waals surface area contributed by atoms with Crippen molar-refractivity contribution in [2.24, 2.45) is 0 Å². The van der Waals surface area contributed by atoms with E-state index in [2.05, 4.69) is 18.4 Å². The van der Waals surface area contributed by atoms with E-state index in [1.807, 2.05) is 66.4 Å². The molecule has 0 radical (unpaired) electrons. The van der Waals surface area contributed by atoms with E-state index in [-0.39, 0.29) is 18.4 Å². The zero-order valence-electron chi connectivity index (χ0n) is 19.6. The Morgan fingerprint density at radius 3 is 2.27 bits per heavy atom. The number of ether oxygens (including phenoxy) is 1. The van der Waals surface area contributed by atoms with Gasteiger partial charge >= 0.3 is 0 Å². The second-order valence-electron chi connectivity index (χ2n) is 8.15. The van der Waals surface area contributed by atoms with Crippen molar-refractivity contribution < 1.29 is 14.3 Å². The molecular formula is C27H32N2O3S. The molecule has 1 aromatic heterocycles. The van der Waals surface area contributed by atoms with E-state index >= 15 is 0 Å². The van der Waals surface area contributed by atoms with Gasteiger partial charge in [-0.2, -0.15) is 0 Å². The number of nitrogens with zero attached hydrogens (tertiary/aromatic N) is 2. The fourth-order valence-electron chi connectivity index (χ4n) is 3.67. The van der Waals surface area contributed by atoms with Crippen molar-refractivity contribution in [3.63, 3.8) is 0 Å². The van der Waals surface area contributed by atoms with Crippen LogP contribution in [-0.4, -0.2) is 48.4 Å². The van der Waals surface area contributed by atoms with Gasteiger partial charge in [0.15, 0.2) is 0 Å². The van der Waals surface area contributed by atoms with E-state index in [0.717, 1.165) is 16.0 Å². The van der Waals surface area contributed by atoms with Crippen molar-refractivity contribution >= 4 is 23.2 Å². The highest BCUT2D eigenvalue weighted by Gasteiger charge is 2.24. The van der Waals surface area contributed by atoms with Crippen LogP contribution < -0.4 is 0 Å². The van der Waals surface area contributed by atoms with Gasteiger partial charge in [0.2, 0.25) is 5.91 Å². The Bertz CT molecular complexity index is 1050. The highest BCUT2D eigenvalue weighted by molar-refractivity contribution is 7.10. The number of rotatable bonds is 11. The lowest BCUT2D eigenvalue weighted by molar-refractivity contribution is -0.133. The summed E-state index contributed by atoms with van der Waals surface area (Å²) in [5.74, 6) is -0.185. The summed E-state index contributed by atoms with van der Waals surface area (Å²) in [5, 5.41) is 2.05. The predicted octanol–water partition coefficient (Wildman–Crippen LogP) is 5.07. The van der Waals surface area contributed by atoms with E-state index in [1.165, 1.54) is 5.56 Å². The average molecular weight is 465 g/mol. The standard InChI is InChI=1S/C27H32N2O3S/c1-21-10-7-8-13-24(21)27(31)28(15-9-16-32-3)20-26(30)29(18-23-11-5-4-6-12-23)19-25-22(2)14-17-33-25/h4-8,10-14,17H,9,15-16,18-20H2,1-3H3. The number of hydrogen-bond donors (Lipinski definition) is 0. The molecule has 33 heavy (non-hydrogen) atoms. The first kappa shape index (κ1) is 24.7. The first-order chi connectivity index (χ1) is 16.0. The van der Waals surface area contributed by atoms with Gasteiger partial charge in [0.25, 0.3) is 5.91 Å². The molecule has 0 aliphatic heterocycles. The first-order valence-electron chi connectivity index (χ1n) is 11.2. The second-order valence-corrected chi connectivity index (χ2v) is 9.15. The van der Waals surface area contributed by atoms with Crippen LogP contribution in [-0.2, 0) is 22.6 Å². The summed E-state index contributed by atoms with van der Waals surface area (Å²) in [4.78, 5) is 31.6. The fourth-order valence-corrected chi connectivity index (χ4v) is 4.59. The number of benzene rings is 2. The Morgan fingerprint density at radius 2 is 1.61 bits per heavy atom. The maximum absolute atomic E-state index is 13.6. The third-order valence-electron chi connectivity index (χ3n) is 5.64. The minimum absolute atomic E-state index is 0.0359. The van der Waals surface area contributed by atoms with Gasteiger partial charge in [-0.15, -0.1) is 11.3 Å². The Balaban J connectivity index is 1.82. The number of thiophene rings is 1. The van der Waals surface area contributed by atoms with Gasteiger partial charge < -0.3 is 14.5 Å². The molecule has 0 bridgehead atoms. The molecule has 2 aromatic carbocycles. The summed E-state index contributed by atoms with van der Waals surface area (Å²) in [6.45, 7) is 6.05. The molecule has 174 valence electrons. The van der Waals surface area contributed by atoms with Crippen molar-refractivity contribution in [1.82, 2.24) is 9.80 Å². The number of aryl methyl sites for hydroxylation is 2. The van der Waals surface area contributed by atoms with Crippen molar-refractivity contribution in [2.45, 2.75) is 33.4 Å². The third-order valence-corrected chi connectivity index (χ3v) is 6.64. The normalized spacial score (nSPS) is 10.8. The van der Waals surface area contributed by atoms with E-state index < -0.39 is 0 Å². The lowest BCUT2D eigenvalue weighted by Crippen LogP contribution is -2.43. The Kier molecular flexibility index (Phi) is 9.22. The molecule has 2 amide bonds. The summed E-state index contributed by atoms with van der Waals surface area (Å²) >= 11 is 1.66. The van der Waals surface area contributed by atoms with Crippen LogP contribution in [0.4, 0.5) is 0 Å². The molecule has 0 N–H and O–H groups in total. The van der Waals surface area contributed by atoms with Gasteiger partial charge in [-0.1, -0.05) is 48.5 Å². The number of carbonyl (C=O) groups excluding carboxylic acids is 2. The molecule has 6 heteroatoms. The van der Waals surface area contributed by atoms with Crippen molar-refractivity contribution in [1.29, 1.82) is 0 Å². The highest BCUT2D eigenvalue weighted by atomic mass is 32.1. The van der Waals surface area contributed by atoms with Crippen LogP contribution in [0.3, 0.4) is 0 Å². The SMILES string of the molecule is COCCCN(CC(=O)N(Cc1ccccc1)Cc1sccc1C)C(=O)c1ccccc1C. The third kappa shape index (κ3) is 7.01. The van der Waals surface area contributed by atoms with Gasteiger partial charge in [0, 0.05) is 37.2 Å². The lowest BCUT2D eigenvalue weighted by Gasteiger charge is -2.28. The van der Waals surface area contributed by atoms with Crippen LogP contribution in [0.1, 0.15) is 38.3 Å². The molecule has 1 heterocycles. The topological polar surface area (TPSA) is 49.9 Å². The summed E-state index contributed by atoms with van der Waals surface area (Å²) in [7, 11) is 1.64. The monoisotopic (exact) mass is 464 g/mol. The smallest absolute Gasteiger partial charge is 0.254 e. The average Bonchev–Trinajstić information content (AvgIpc) is 3.23. The maximum Gasteiger partial charge on any atom is 0.254 e. The van der Waals surface area contributed by atoms with Crippen LogP contribution in [0.5, 0.6) is 0 Å². The van der Waals surface area contributed by atoms with Gasteiger partial charge in [-0.05, 0) is 54.5 Å². The minimum Gasteiger partial charge on any atom is -0.385 e. The lowest BCUT2D eigenvalue weighted by atomic mass is 10.1. The van der Waals surface area contributed by atoms with E-state index in [9.17, 15) is 9.59 Å². The van der Waals surface area contributed by atoms with Crippen molar-refractivity contribution in [2.75, 3.05) is 26.8 Å². The molecule has 0 aliphatic carbocycles. The number of carbonyl (C=O) groups is 2. The molecule has 0 atom stereocenters. The van der Waals surface area contributed by atoms with Crippen LogP contribution in [0.15, 0.2) is 66.0 Å². The Labute approximate surface area is 200 Å². The molecule has 0 spiro atoms. The van der Waals surface area contributed by atoms with E-state index in [1.54, 1.807) is 23.3 Å². The highest BCUT2D eigenvalue weighted by Crippen LogP contribution is 2.20. The molecular weight excluding hydrogens is 432 g/mol. The van der Waals surface area contributed by atoms with Gasteiger partial charge in [0.1, 0.15) is 6.54 Å². The Hall–Kier alpha value is -2.96. The first-order valence-corrected chi connectivity index (χ1v) is 12.1. The molecule has 0 saturated heterocycles. The zero-order chi connectivity index (χ0) is 23.6. The van der Waals surface area contributed by atoms with Crippen LogP contribution >= 0.6 is 11.3 Å². The maximum atomic E-state index is 13.6. The predicted molar refractivity (Wildman–Crippen MR) is 133 cm³/mol. The number of hydrogen-bond acceptors (Lipinski definition) is 4. The van der Waals surface area contributed by atoms with Crippen LogP contribution in [0.2, 0.25) is 0 Å². The molecule has 3 rings (SSSR count). The summed E-state index contributed by atoms with van der Waals surface area (Å²) < 4.78 is 5.18. The van der Waals surface area contributed by atoms with E-state index in [4.69, 9.17) is 4.74 Å². The molecule has 5 nitrogen and oxygen atoms in total. The molecule has 0 fully saturated rings. The number of methoxy groups -OCH3 is 1. The van der Waals surface area contributed by atoms with Gasteiger partial charge in [-0.25, -0.2) is 0 Å². The molecule has 0 unspecified atom stereocenters. The molecule has 0 saturated carbocycles. The van der Waals surface area contributed by atoms with Crippen molar-refractivity contribution in [3.8, 4) is 0 Å². The van der Waals surface area contributed by atoms with Crippen LogP contribution in [0, 0.1) is 13.8 Å². The summed E-state index contributed by atoms with van der Waals surface area (Å²) in [6, 6.07) is 19.6. The summed E-state index contributed by atoms with van der Waals surface area (Å²) in [6.07, 6.45) is 0.671. The zero-order valence-corrected chi connectivity index (χ0v) is 20.4. The fraction of sp³-hybridized carbons (Fsp3) is 0.333. The van der Waals surface area contributed by atoms with Gasteiger partial charge in [-0.3, -0.25) is 9.59 Å². The van der Waals surface area contributed by atoms with Crippen LogP contribution in [0.25, 0.3) is 0 Å². The minimum atomic E-state index is -0.121. The molecule has 0 aliphatic rings. The summed E-state index contributed by atoms with van der Waals surface area (Å²) in [5.41, 5.74) is 3.78. The Morgan fingerprint density at radius 1 is 0.879 bits per heavy atom. The largest absolute Gasteiger partial charge is 0.385 e. The second kappa shape index (κ2) is 12.3. The molecule has 3 aromatic rings. The van der Waals surface area contributed by atoms with Gasteiger partial charge in [0.05, 0.1) is 6.54 Å². The number of amides is 2.